The van der Waals surface area contributed by atoms with Gasteiger partial charge < -0.3 is 10.1 Å². The lowest BCUT2D eigenvalue weighted by atomic mass is 10.2. The molecule has 1 amide bonds. The second kappa shape index (κ2) is 7.42. The van der Waals surface area contributed by atoms with Gasteiger partial charge in [0.2, 0.25) is 0 Å². The van der Waals surface area contributed by atoms with E-state index < -0.39 is 10.8 Å². The lowest BCUT2D eigenvalue weighted by molar-refractivity contribution is -0.384. The smallest absolute Gasteiger partial charge is 0.288 e. The maximum absolute atomic E-state index is 11.9. The van der Waals surface area contributed by atoms with Gasteiger partial charge in [-0.2, -0.15) is 0 Å². The summed E-state index contributed by atoms with van der Waals surface area (Å²) in [4.78, 5) is 22.1. The predicted octanol–water partition coefficient (Wildman–Crippen LogP) is 3.06. The molecule has 0 aliphatic rings. The van der Waals surface area contributed by atoms with Crippen LogP contribution in [0.2, 0.25) is 5.02 Å². The highest BCUT2D eigenvalue weighted by molar-refractivity contribution is 6.32. The average molecular weight is 321 g/mol. The fourth-order valence-electron chi connectivity index (χ4n) is 1.75. The molecule has 0 fully saturated rings. The van der Waals surface area contributed by atoms with Crippen molar-refractivity contribution in [2.24, 2.45) is 0 Å². The Bertz CT molecular complexity index is 676. The summed E-state index contributed by atoms with van der Waals surface area (Å²) in [5.41, 5.74) is -0.120. The number of para-hydroxylation sites is 1. The first-order chi connectivity index (χ1) is 10.6. The largest absolute Gasteiger partial charge is 0.492 e. The number of nitro groups is 1. The van der Waals surface area contributed by atoms with Gasteiger partial charge in [0.25, 0.3) is 11.6 Å². The number of ether oxygens (including phenoxy) is 1. The Morgan fingerprint density at radius 2 is 1.95 bits per heavy atom. The number of nitrogens with one attached hydrogen (secondary N) is 1. The zero-order valence-corrected chi connectivity index (χ0v) is 12.2. The number of hydrogen-bond acceptors (Lipinski definition) is 4. The number of hydrogen-bond donors (Lipinski definition) is 1. The van der Waals surface area contributed by atoms with E-state index in [1.165, 1.54) is 12.1 Å². The number of nitro benzene ring substituents is 1. The highest BCUT2D eigenvalue weighted by Gasteiger charge is 2.15. The highest BCUT2D eigenvalue weighted by atomic mass is 35.5. The van der Waals surface area contributed by atoms with Crippen molar-refractivity contribution < 1.29 is 14.5 Å². The van der Waals surface area contributed by atoms with E-state index in [9.17, 15) is 14.9 Å². The molecule has 0 radical (unpaired) electrons. The summed E-state index contributed by atoms with van der Waals surface area (Å²) in [6.07, 6.45) is 0. The number of amides is 1. The molecule has 7 heteroatoms. The van der Waals surface area contributed by atoms with Gasteiger partial charge in [-0.3, -0.25) is 14.9 Å². The van der Waals surface area contributed by atoms with Gasteiger partial charge in [-0.1, -0.05) is 29.8 Å². The van der Waals surface area contributed by atoms with E-state index in [0.29, 0.717) is 12.4 Å². The third-order valence-electron chi connectivity index (χ3n) is 2.80. The number of carbonyl (C=O) groups excluding carboxylic acids is 1. The van der Waals surface area contributed by atoms with E-state index in [0.717, 1.165) is 6.07 Å². The Balaban J connectivity index is 1.87. The molecular weight excluding hydrogens is 308 g/mol. The van der Waals surface area contributed by atoms with Gasteiger partial charge in [-0.15, -0.1) is 0 Å². The summed E-state index contributed by atoms with van der Waals surface area (Å²) in [6.45, 7) is 0.579. The third kappa shape index (κ3) is 4.20. The maximum atomic E-state index is 11.9. The Hall–Kier alpha value is -2.60. The van der Waals surface area contributed by atoms with E-state index in [4.69, 9.17) is 16.3 Å². The van der Waals surface area contributed by atoms with Crippen molar-refractivity contribution in [2.45, 2.75) is 0 Å². The van der Waals surface area contributed by atoms with Crippen molar-refractivity contribution in [1.29, 1.82) is 0 Å². The fourth-order valence-corrected chi connectivity index (χ4v) is 1.93. The molecule has 0 aliphatic heterocycles. The van der Waals surface area contributed by atoms with Crippen LogP contribution in [-0.4, -0.2) is 24.0 Å². The lowest BCUT2D eigenvalue weighted by Crippen LogP contribution is -2.28. The molecule has 0 saturated heterocycles. The Labute approximate surface area is 131 Å². The molecule has 1 N–H and O–H groups in total. The van der Waals surface area contributed by atoms with Crippen LogP contribution in [0.25, 0.3) is 0 Å². The molecule has 0 aromatic heterocycles. The summed E-state index contributed by atoms with van der Waals surface area (Å²) in [5, 5.41) is 13.4. The van der Waals surface area contributed by atoms with Crippen LogP contribution in [0.4, 0.5) is 5.69 Å². The average Bonchev–Trinajstić information content (AvgIpc) is 2.52. The molecule has 0 spiro atoms. The van der Waals surface area contributed by atoms with Crippen molar-refractivity contribution in [3.8, 4) is 5.75 Å². The van der Waals surface area contributed by atoms with Gasteiger partial charge in [0.15, 0.2) is 0 Å². The molecule has 2 aromatic carbocycles. The van der Waals surface area contributed by atoms with Crippen LogP contribution < -0.4 is 10.1 Å². The SMILES string of the molecule is O=C(NCCOc1ccccc1)c1ccc(Cl)c([N+](=O)[O-])c1. The highest BCUT2D eigenvalue weighted by Crippen LogP contribution is 2.24. The minimum absolute atomic E-state index is 0.00559. The molecule has 6 nitrogen and oxygen atoms in total. The summed E-state index contributed by atoms with van der Waals surface area (Å²) >= 11 is 5.70. The summed E-state index contributed by atoms with van der Waals surface area (Å²) in [6, 6.07) is 13.1. The minimum Gasteiger partial charge on any atom is -0.492 e. The van der Waals surface area contributed by atoms with Gasteiger partial charge in [0, 0.05) is 11.6 Å². The monoisotopic (exact) mass is 320 g/mol. The first-order valence-electron chi connectivity index (χ1n) is 6.48. The molecule has 0 saturated carbocycles. The predicted molar refractivity (Wildman–Crippen MR) is 82.4 cm³/mol. The van der Waals surface area contributed by atoms with E-state index in [-0.39, 0.29) is 22.8 Å². The molecule has 2 aromatic rings. The van der Waals surface area contributed by atoms with Gasteiger partial charge in [-0.25, -0.2) is 0 Å². The Morgan fingerprint density at radius 1 is 1.23 bits per heavy atom. The zero-order chi connectivity index (χ0) is 15.9. The van der Waals surface area contributed by atoms with Crippen molar-refractivity contribution in [2.75, 3.05) is 13.2 Å². The van der Waals surface area contributed by atoms with E-state index in [1.807, 2.05) is 30.3 Å². The quantitative estimate of drug-likeness (QED) is 0.504. The number of nitrogens with zero attached hydrogens (tertiary/aromatic N) is 1. The summed E-state index contributed by atoms with van der Waals surface area (Å²) in [5.74, 6) is 0.287. The van der Waals surface area contributed by atoms with Crippen LogP contribution in [-0.2, 0) is 0 Å². The van der Waals surface area contributed by atoms with Crippen LogP contribution >= 0.6 is 11.6 Å². The number of carbonyl (C=O) groups is 1. The van der Waals surface area contributed by atoms with Gasteiger partial charge in [0.1, 0.15) is 17.4 Å². The molecule has 2 rings (SSSR count). The van der Waals surface area contributed by atoms with Crippen LogP contribution in [0, 0.1) is 10.1 Å². The summed E-state index contributed by atoms with van der Waals surface area (Å²) in [7, 11) is 0. The van der Waals surface area contributed by atoms with Crippen molar-refractivity contribution in [3.05, 3.63) is 69.2 Å². The number of benzene rings is 2. The van der Waals surface area contributed by atoms with E-state index in [2.05, 4.69) is 5.32 Å². The topological polar surface area (TPSA) is 81.5 Å². The Morgan fingerprint density at radius 3 is 2.64 bits per heavy atom. The van der Waals surface area contributed by atoms with E-state index in [1.54, 1.807) is 0 Å². The molecule has 114 valence electrons. The molecule has 22 heavy (non-hydrogen) atoms. The molecule has 0 unspecified atom stereocenters. The van der Waals surface area contributed by atoms with Crippen molar-refractivity contribution in [1.82, 2.24) is 5.32 Å². The van der Waals surface area contributed by atoms with Crippen LogP contribution in [0.15, 0.2) is 48.5 Å². The summed E-state index contributed by atoms with van der Waals surface area (Å²) < 4.78 is 5.43. The molecule has 0 aliphatic carbocycles. The second-order valence-corrected chi connectivity index (χ2v) is 4.75. The third-order valence-corrected chi connectivity index (χ3v) is 3.12. The zero-order valence-electron chi connectivity index (χ0n) is 11.5. The van der Waals surface area contributed by atoms with E-state index >= 15 is 0 Å². The minimum atomic E-state index is -0.627. The molecule has 0 bridgehead atoms. The van der Waals surface area contributed by atoms with Crippen LogP contribution in [0.3, 0.4) is 0 Å². The first kappa shape index (κ1) is 15.8. The molecule has 0 heterocycles. The lowest BCUT2D eigenvalue weighted by Gasteiger charge is -2.08. The van der Waals surface area contributed by atoms with Crippen LogP contribution in [0.5, 0.6) is 5.75 Å². The van der Waals surface area contributed by atoms with Crippen LogP contribution in [0.1, 0.15) is 10.4 Å². The van der Waals surface area contributed by atoms with Gasteiger partial charge in [0.05, 0.1) is 11.5 Å². The second-order valence-electron chi connectivity index (χ2n) is 4.34. The molecule has 0 atom stereocenters. The van der Waals surface area contributed by atoms with Gasteiger partial charge >= 0.3 is 0 Å². The normalized spacial score (nSPS) is 10.0. The van der Waals surface area contributed by atoms with Gasteiger partial charge in [-0.05, 0) is 24.3 Å². The molecular formula is C15H13ClN2O4. The first-order valence-corrected chi connectivity index (χ1v) is 6.85. The standard InChI is InChI=1S/C15H13ClN2O4/c16-13-7-6-11(10-14(13)18(20)21)15(19)17-8-9-22-12-4-2-1-3-5-12/h1-7,10H,8-9H2,(H,17,19). The van der Waals surface area contributed by atoms with Crippen molar-refractivity contribution in [3.63, 3.8) is 0 Å². The Kier molecular flexibility index (Phi) is 5.32. The number of rotatable bonds is 6. The van der Waals surface area contributed by atoms with Crippen molar-refractivity contribution >= 4 is 23.2 Å². The maximum Gasteiger partial charge on any atom is 0.288 e. The number of halogens is 1. The fraction of sp³-hybridized carbons (Fsp3) is 0.133.